The average Bonchev–Trinajstić information content (AvgIpc) is 3.03. The number of methoxy groups -OCH3 is 2. The van der Waals surface area contributed by atoms with Crippen molar-refractivity contribution in [3.05, 3.63) is 117 Å². The highest BCUT2D eigenvalue weighted by Crippen LogP contribution is 2.34. The first-order valence-corrected chi connectivity index (χ1v) is 13.9. The fraction of sp³-hybridized carbons (Fsp3) is 0.200. The zero-order valence-electron chi connectivity index (χ0n) is 24.8. The number of nitriles is 1. The molecule has 0 saturated heterocycles. The third kappa shape index (κ3) is 5.97. The molecule has 1 aromatic heterocycles. The largest absolute Gasteiger partial charge is 0.496 e. The number of aromatic nitrogens is 2. The van der Waals surface area contributed by atoms with Crippen molar-refractivity contribution in [1.82, 2.24) is 9.66 Å². The predicted molar refractivity (Wildman–Crippen MR) is 168 cm³/mol. The summed E-state index contributed by atoms with van der Waals surface area (Å²) in [5, 5.41) is 14.5. The van der Waals surface area contributed by atoms with Crippen molar-refractivity contribution in [2.45, 2.75) is 33.3 Å². The number of nitrogens with zero attached hydrogens (tertiary/aromatic N) is 4. The highest BCUT2D eigenvalue weighted by molar-refractivity contribution is 5.83. The molecule has 0 radical (unpaired) electrons. The molecule has 0 N–H and O–H groups in total. The van der Waals surface area contributed by atoms with E-state index in [0.717, 1.165) is 28.0 Å². The van der Waals surface area contributed by atoms with Crippen LogP contribution >= 0.6 is 0 Å². The summed E-state index contributed by atoms with van der Waals surface area (Å²) >= 11 is 0. The minimum absolute atomic E-state index is 0.194. The molecule has 0 spiro atoms. The van der Waals surface area contributed by atoms with Crippen molar-refractivity contribution < 1.29 is 14.2 Å². The lowest BCUT2D eigenvalue weighted by Gasteiger charge is -2.17. The normalized spacial score (nSPS) is 11.2. The Morgan fingerprint density at radius 3 is 2.44 bits per heavy atom. The molecule has 0 aliphatic carbocycles. The maximum atomic E-state index is 13.8. The van der Waals surface area contributed by atoms with Crippen molar-refractivity contribution in [2.24, 2.45) is 5.10 Å². The molecule has 1 heterocycles. The second kappa shape index (κ2) is 12.6. The van der Waals surface area contributed by atoms with Crippen LogP contribution in [0.15, 0.2) is 88.8 Å². The minimum Gasteiger partial charge on any atom is -0.496 e. The predicted octanol–water partition coefficient (Wildman–Crippen LogP) is 6.85. The number of ether oxygens (including phenoxy) is 3. The Morgan fingerprint density at radius 1 is 0.953 bits per heavy atom. The minimum atomic E-state index is -0.277. The van der Waals surface area contributed by atoms with Gasteiger partial charge in [0.05, 0.1) is 43.0 Å². The topological polar surface area (TPSA) is 98.7 Å². The van der Waals surface area contributed by atoms with Crippen molar-refractivity contribution in [3.8, 4) is 34.7 Å². The van der Waals surface area contributed by atoms with Crippen LogP contribution in [-0.4, -0.2) is 30.1 Å². The molecule has 0 amide bonds. The van der Waals surface area contributed by atoms with Gasteiger partial charge in [0.15, 0.2) is 17.3 Å². The van der Waals surface area contributed by atoms with E-state index in [1.165, 1.54) is 4.68 Å². The highest BCUT2D eigenvalue weighted by atomic mass is 16.5. The average molecular weight is 573 g/mol. The summed E-state index contributed by atoms with van der Waals surface area (Å²) in [6, 6.07) is 26.1. The fourth-order valence-corrected chi connectivity index (χ4v) is 4.89. The molecule has 0 saturated carbocycles. The summed E-state index contributed by atoms with van der Waals surface area (Å²) in [5.74, 6) is 2.44. The first-order chi connectivity index (χ1) is 20.8. The molecular weight excluding hydrogens is 540 g/mol. The lowest BCUT2D eigenvalue weighted by Crippen LogP contribution is -2.20. The Bertz CT molecular complexity index is 1940. The van der Waals surface area contributed by atoms with Crippen LogP contribution in [0.4, 0.5) is 0 Å². The van der Waals surface area contributed by atoms with Gasteiger partial charge in [0.25, 0.3) is 5.56 Å². The van der Waals surface area contributed by atoms with Gasteiger partial charge in [-0.05, 0) is 78.1 Å². The molecule has 0 fully saturated rings. The van der Waals surface area contributed by atoms with Gasteiger partial charge in [0, 0.05) is 11.1 Å². The van der Waals surface area contributed by atoms with Gasteiger partial charge in [0.1, 0.15) is 12.4 Å². The quantitative estimate of drug-likeness (QED) is 0.179. The van der Waals surface area contributed by atoms with E-state index in [4.69, 9.17) is 19.2 Å². The van der Waals surface area contributed by atoms with Crippen molar-refractivity contribution in [3.63, 3.8) is 0 Å². The number of para-hydroxylation sites is 1. The van der Waals surface area contributed by atoms with Crippen LogP contribution in [0.5, 0.6) is 17.2 Å². The summed E-state index contributed by atoms with van der Waals surface area (Å²) in [6.07, 6.45) is 1.60. The summed E-state index contributed by atoms with van der Waals surface area (Å²) in [5.41, 5.74) is 5.07. The van der Waals surface area contributed by atoms with Crippen LogP contribution in [0.25, 0.3) is 22.3 Å². The van der Waals surface area contributed by atoms with Gasteiger partial charge in [-0.1, -0.05) is 44.2 Å². The van der Waals surface area contributed by atoms with Crippen LogP contribution in [0.1, 0.15) is 47.6 Å². The van der Waals surface area contributed by atoms with Crippen LogP contribution in [0, 0.1) is 18.3 Å². The van der Waals surface area contributed by atoms with E-state index in [1.807, 2.05) is 61.5 Å². The van der Waals surface area contributed by atoms with Gasteiger partial charge in [-0.15, -0.1) is 0 Å². The van der Waals surface area contributed by atoms with E-state index in [-0.39, 0.29) is 18.1 Å². The van der Waals surface area contributed by atoms with E-state index < -0.39 is 0 Å². The number of hydrogen-bond acceptors (Lipinski definition) is 7. The van der Waals surface area contributed by atoms with E-state index >= 15 is 0 Å². The van der Waals surface area contributed by atoms with Crippen LogP contribution in [0.2, 0.25) is 0 Å². The second-order valence-corrected chi connectivity index (χ2v) is 10.3. The van der Waals surface area contributed by atoms with Crippen LogP contribution < -0.4 is 19.8 Å². The Hall–Kier alpha value is -5.42. The first kappa shape index (κ1) is 29.1. The molecule has 8 heteroatoms. The Morgan fingerprint density at radius 2 is 1.70 bits per heavy atom. The standard InChI is InChI=1S/C35H32N4O4/c1-22(2)28-18-29(23(3)16-32(28)41-4)34-38-30-13-9-8-12-27(30)35(40)39(34)37-20-24-14-15-31(33(17-24)42-5)43-21-26-11-7-6-10-25(26)19-36/h6-18,20,22H,21H2,1-5H3. The van der Waals surface area contributed by atoms with E-state index in [2.05, 4.69) is 25.0 Å². The smallest absolute Gasteiger partial charge is 0.282 e. The molecule has 4 aromatic carbocycles. The van der Waals surface area contributed by atoms with Crippen LogP contribution in [0.3, 0.4) is 0 Å². The van der Waals surface area contributed by atoms with Crippen molar-refractivity contribution >= 4 is 17.1 Å². The van der Waals surface area contributed by atoms with Gasteiger partial charge < -0.3 is 14.2 Å². The van der Waals surface area contributed by atoms with Gasteiger partial charge in [-0.3, -0.25) is 4.79 Å². The Labute approximate surface area is 250 Å². The Balaban J connectivity index is 1.55. The zero-order valence-corrected chi connectivity index (χ0v) is 24.8. The molecule has 5 rings (SSSR count). The van der Waals surface area contributed by atoms with Gasteiger partial charge >= 0.3 is 0 Å². The monoisotopic (exact) mass is 572 g/mol. The maximum Gasteiger partial charge on any atom is 0.282 e. The van der Waals surface area contributed by atoms with Crippen LogP contribution in [-0.2, 0) is 6.61 Å². The van der Waals surface area contributed by atoms with Gasteiger partial charge in [-0.2, -0.15) is 15.0 Å². The van der Waals surface area contributed by atoms with Gasteiger partial charge in [0.2, 0.25) is 0 Å². The van der Waals surface area contributed by atoms with Crippen molar-refractivity contribution in [1.29, 1.82) is 5.26 Å². The summed E-state index contributed by atoms with van der Waals surface area (Å²) in [7, 11) is 3.21. The number of aryl methyl sites for hydroxylation is 1. The first-order valence-electron chi connectivity index (χ1n) is 13.9. The second-order valence-electron chi connectivity index (χ2n) is 10.3. The Kier molecular flexibility index (Phi) is 8.54. The number of benzene rings is 4. The highest BCUT2D eigenvalue weighted by Gasteiger charge is 2.18. The number of fused-ring (bicyclic) bond motifs is 1. The maximum absolute atomic E-state index is 13.8. The molecule has 5 aromatic rings. The van der Waals surface area contributed by atoms with E-state index in [0.29, 0.717) is 39.4 Å². The molecule has 0 unspecified atom stereocenters. The molecule has 0 bridgehead atoms. The summed E-state index contributed by atoms with van der Waals surface area (Å²) in [6.45, 7) is 6.38. The summed E-state index contributed by atoms with van der Waals surface area (Å²) in [4.78, 5) is 18.7. The lowest BCUT2D eigenvalue weighted by molar-refractivity contribution is 0.284. The third-order valence-electron chi connectivity index (χ3n) is 7.22. The SMILES string of the molecule is COc1cc(C=Nn2c(-c3cc(C(C)C)c(OC)cc3C)nc3ccccc3c2=O)ccc1OCc1ccccc1C#N. The van der Waals surface area contributed by atoms with E-state index in [9.17, 15) is 10.1 Å². The summed E-state index contributed by atoms with van der Waals surface area (Å²) < 4.78 is 18.6. The lowest BCUT2D eigenvalue weighted by atomic mass is 9.96. The number of hydrogen-bond donors (Lipinski definition) is 0. The van der Waals surface area contributed by atoms with Crippen molar-refractivity contribution in [2.75, 3.05) is 14.2 Å². The molecule has 216 valence electrons. The molecular formula is C35H32N4O4. The molecule has 0 aliphatic heterocycles. The van der Waals surface area contributed by atoms with Gasteiger partial charge in [-0.25, -0.2) is 4.98 Å². The third-order valence-corrected chi connectivity index (χ3v) is 7.22. The molecule has 0 atom stereocenters. The number of rotatable bonds is 9. The van der Waals surface area contributed by atoms with E-state index in [1.54, 1.807) is 44.7 Å². The fourth-order valence-electron chi connectivity index (χ4n) is 4.89. The molecule has 43 heavy (non-hydrogen) atoms. The molecule has 0 aliphatic rings. The zero-order chi connectivity index (χ0) is 30.5. The molecule has 8 nitrogen and oxygen atoms in total.